The van der Waals surface area contributed by atoms with E-state index < -0.39 is 209 Å². The van der Waals surface area contributed by atoms with Crippen LogP contribution in [0.3, 0.4) is 0 Å². The molecular formula is C91H158N6O20. The van der Waals surface area contributed by atoms with Crippen LogP contribution in [0.4, 0.5) is 0 Å². The standard InChI is InChI=1S/C91H158N6O20/c1-37-64(66(98)112-58-39-76(7,8)92(31)77(9,10)40-58)89(70(102)114-60-43-80(15,16)94(33)81(17,18)44-60,71(103)115-61-45-82(19,20)95(34)83(21,22)46-61)68(100)108-51-74(3,4)91(110-55-88(56-111-91)53-106-57-107-54-88)75(5,6)52-109-69(101)90(72(104)116-62-47-84(23,24)96(35)85(25,26)48-62,73(105)117-63-49-86(27,28)97(36)87(29,30)50-63)65(38-2)67(99)113-59-41-78(11,12)93(32)79(13,14)42-59/h58-65H,37-57H2,1-36H3. The lowest BCUT2D eigenvalue weighted by Gasteiger charge is -2.58. The highest BCUT2D eigenvalue weighted by atomic mass is 16.7. The number of carbonyl (C=O) groups is 8. The number of rotatable bonds is 24. The monoisotopic (exact) mass is 1660 g/mol. The van der Waals surface area contributed by atoms with Crippen LogP contribution >= 0.6 is 0 Å². The van der Waals surface area contributed by atoms with Crippen molar-refractivity contribution in [3.8, 4) is 0 Å². The van der Waals surface area contributed by atoms with Gasteiger partial charge < -0.3 is 56.8 Å². The van der Waals surface area contributed by atoms with Gasteiger partial charge in [-0.2, -0.15) is 0 Å². The molecule has 0 aromatic rings. The average Bonchev–Trinajstić information content (AvgIpc) is 0.719. The Bertz CT molecular complexity index is 3190. The molecule has 0 aromatic heterocycles. The molecule has 0 aliphatic carbocycles. The number of hydrogen-bond donors (Lipinski definition) is 0. The zero-order chi connectivity index (χ0) is 89.0. The van der Waals surface area contributed by atoms with Crippen LogP contribution in [0, 0.1) is 38.9 Å². The van der Waals surface area contributed by atoms with Crippen LogP contribution in [0.2, 0.25) is 0 Å². The van der Waals surface area contributed by atoms with Gasteiger partial charge in [0.15, 0.2) is 5.79 Å². The Hall–Kier alpha value is -4.64. The van der Waals surface area contributed by atoms with Crippen molar-refractivity contribution in [1.82, 2.24) is 29.4 Å². The first-order valence-electron chi connectivity index (χ1n) is 43.4. The van der Waals surface area contributed by atoms with Gasteiger partial charge in [-0.15, -0.1) is 0 Å². The Labute approximate surface area is 703 Å². The molecule has 2 atom stereocenters. The van der Waals surface area contributed by atoms with Gasteiger partial charge in [-0.25, -0.2) is 0 Å². The topological polar surface area (TPSA) is 267 Å². The lowest BCUT2D eigenvalue weighted by atomic mass is 9.67. The van der Waals surface area contributed by atoms with Crippen LogP contribution in [0.1, 0.15) is 298 Å². The van der Waals surface area contributed by atoms with E-state index in [2.05, 4.69) is 84.8 Å². The quantitative estimate of drug-likeness (QED) is 0.0493. The summed E-state index contributed by atoms with van der Waals surface area (Å²) in [5.41, 5.74) is -17.2. The zero-order valence-corrected chi connectivity index (χ0v) is 79.3. The van der Waals surface area contributed by atoms with Crippen molar-refractivity contribution in [2.24, 2.45) is 38.9 Å². The van der Waals surface area contributed by atoms with Gasteiger partial charge in [-0.05, 0) is 221 Å². The summed E-state index contributed by atoms with van der Waals surface area (Å²) in [6.07, 6.45) is -1.85. The van der Waals surface area contributed by atoms with Crippen molar-refractivity contribution < 1.29 is 95.2 Å². The van der Waals surface area contributed by atoms with Crippen LogP contribution in [0.5, 0.6) is 0 Å². The Morgan fingerprint density at radius 3 is 0.684 bits per heavy atom. The molecule has 0 saturated carbocycles. The maximum Gasteiger partial charge on any atom is 0.336 e. The number of likely N-dealkylation sites (tertiary alicyclic amines) is 6. The summed E-state index contributed by atoms with van der Waals surface area (Å²) in [5, 5.41) is 0. The van der Waals surface area contributed by atoms with Crippen molar-refractivity contribution in [3.05, 3.63) is 0 Å². The molecule has 672 valence electrons. The summed E-state index contributed by atoms with van der Waals surface area (Å²) in [6, 6.07) is 0. The zero-order valence-electron chi connectivity index (χ0n) is 79.3. The lowest BCUT2D eigenvalue weighted by Crippen LogP contribution is -2.68. The second kappa shape index (κ2) is 33.1. The maximum atomic E-state index is 16.9. The Morgan fingerprint density at radius 2 is 0.496 bits per heavy atom. The van der Waals surface area contributed by atoms with Gasteiger partial charge in [0.2, 0.25) is 0 Å². The fraction of sp³-hybridized carbons (Fsp3) is 0.912. The number of hydrogen-bond acceptors (Lipinski definition) is 26. The van der Waals surface area contributed by atoms with E-state index in [1.165, 1.54) is 0 Å². The van der Waals surface area contributed by atoms with E-state index in [0.717, 1.165) is 0 Å². The van der Waals surface area contributed by atoms with Gasteiger partial charge >= 0.3 is 47.8 Å². The summed E-state index contributed by atoms with van der Waals surface area (Å²) < 4.78 is 80.1. The predicted octanol–water partition coefficient (Wildman–Crippen LogP) is 13.1. The highest BCUT2D eigenvalue weighted by molar-refractivity contribution is 6.21. The minimum atomic E-state index is -3.19. The molecular weight excluding hydrogens is 1500 g/mol. The fourth-order valence-electron chi connectivity index (χ4n) is 22.3. The molecule has 26 nitrogen and oxygen atoms in total. The number of piperidine rings is 6. The highest BCUT2D eigenvalue weighted by Crippen LogP contribution is 2.56. The van der Waals surface area contributed by atoms with E-state index in [4.69, 9.17) is 56.8 Å². The van der Waals surface area contributed by atoms with Crippen molar-refractivity contribution in [2.45, 2.75) is 406 Å². The minimum Gasteiger partial charge on any atom is -0.464 e. The molecule has 26 heteroatoms. The van der Waals surface area contributed by atoms with Crippen molar-refractivity contribution in [3.63, 3.8) is 0 Å². The highest BCUT2D eigenvalue weighted by Gasteiger charge is 2.71. The molecule has 1 spiro atoms. The van der Waals surface area contributed by atoms with E-state index >= 15 is 38.4 Å². The Morgan fingerprint density at radius 1 is 0.308 bits per heavy atom. The minimum absolute atomic E-state index is 0.0107. The second-order valence-corrected chi connectivity index (χ2v) is 45.7. The van der Waals surface area contributed by atoms with E-state index in [-0.39, 0.29) is 97.4 Å². The van der Waals surface area contributed by atoms with Crippen molar-refractivity contribution in [1.29, 1.82) is 0 Å². The third kappa shape index (κ3) is 18.9. The summed E-state index contributed by atoms with van der Waals surface area (Å²) in [4.78, 5) is 145. The molecule has 0 N–H and O–H groups in total. The van der Waals surface area contributed by atoms with Gasteiger partial charge in [0.05, 0.1) is 54.5 Å². The summed E-state index contributed by atoms with van der Waals surface area (Å²) in [6.45, 7) is 57.5. The molecule has 0 bridgehead atoms. The molecule has 117 heavy (non-hydrogen) atoms. The first-order valence-corrected chi connectivity index (χ1v) is 43.4. The van der Waals surface area contributed by atoms with E-state index in [0.29, 0.717) is 25.7 Å². The molecule has 8 aliphatic rings. The lowest BCUT2D eigenvalue weighted by molar-refractivity contribution is -0.406. The smallest absolute Gasteiger partial charge is 0.336 e. The predicted molar refractivity (Wildman–Crippen MR) is 446 cm³/mol. The van der Waals surface area contributed by atoms with Gasteiger partial charge in [0, 0.05) is 144 Å². The molecule has 8 rings (SSSR count). The SMILES string of the molecule is CCC(C(=O)OC1CC(C)(C)N(C)C(C)(C)C1)C(C(=O)OCC(C)(C)C1(C(C)(C)COC(=O)C(C(=O)OC2CC(C)(C)N(C)C(C)(C)C2)(C(=O)OC2CC(C)(C)N(C)C(C)(C)C2)C(CC)C(=O)OC2CC(C)(C)N(C)C(C)(C)C2)OCC2(COCOC2)CO1)(C(=O)OC1CC(C)(C)N(C)C(C)(C)C1)C(=O)OC1CC(C)(C)N(C)C(C)(C)C1. The summed E-state index contributed by atoms with van der Waals surface area (Å²) in [7, 11) is 12.1. The molecule has 2 unspecified atom stereocenters. The maximum absolute atomic E-state index is 16.9. The van der Waals surface area contributed by atoms with E-state index in [9.17, 15) is 0 Å². The van der Waals surface area contributed by atoms with Crippen LogP contribution in [0.15, 0.2) is 0 Å². The third-order valence-electron chi connectivity index (χ3n) is 30.7. The van der Waals surface area contributed by atoms with Crippen LogP contribution in [-0.2, 0) is 95.2 Å². The van der Waals surface area contributed by atoms with Gasteiger partial charge in [0.1, 0.15) is 56.6 Å². The van der Waals surface area contributed by atoms with Crippen molar-refractivity contribution in [2.75, 3.05) is 88.7 Å². The van der Waals surface area contributed by atoms with Crippen LogP contribution < -0.4 is 0 Å². The summed E-state index contributed by atoms with van der Waals surface area (Å²) in [5.74, 6) is -16.1. The first kappa shape index (κ1) is 97.8. The molecule has 8 heterocycles. The number of ether oxygens (including phenoxy) is 12. The van der Waals surface area contributed by atoms with Crippen LogP contribution in [-0.4, -0.2) is 275 Å². The Balaban J connectivity index is 1.29. The van der Waals surface area contributed by atoms with Gasteiger partial charge in [0.25, 0.3) is 10.8 Å². The number of carbonyl (C=O) groups excluding carboxylic acids is 8. The molecule has 8 fully saturated rings. The molecule has 0 aromatic carbocycles. The molecule has 0 amide bonds. The van der Waals surface area contributed by atoms with E-state index in [1.807, 2.05) is 153 Å². The summed E-state index contributed by atoms with van der Waals surface area (Å²) >= 11 is 0. The average molecular weight is 1660 g/mol. The normalized spacial score (nSPS) is 27.1. The number of esters is 8. The van der Waals surface area contributed by atoms with Gasteiger partial charge in [-0.3, -0.25) is 67.8 Å². The largest absolute Gasteiger partial charge is 0.464 e. The van der Waals surface area contributed by atoms with Gasteiger partial charge in [-0.1, -0.05) is 41.5 Å². The fourth-order valence-corrected chi connectivity index (χ4v) is 22.3. The van der Waals surface area contributed by atoms with Crippen LogP contribution in [0.25, 0.3) is 0 Å². The molecule has 8 saturated heterocycles. The van der Waals surface area contributed by atoms with Crippen molar-refractivity contribution >= 4 is 47.8 Å². The molecule has 8 aliphatic heterocycles. The molecule has 0 radical (unpaired) electrons. The Kier molecular flexibility index (Phi) is 27.7. The van der Waals surface area contributed by atoms with E-state index in [1.54, 1.807) is 41.5 Å². The second-order valence-electron chi connectivity index (χ2n) is 45.7. The number of nitrogens with zero attached hydrogens (tertiary/aromatic N) is 6. The first-order chi connectivity index (χ1) is 52.9. The third-order valence-corrected chi connectivity index (χ3v) is 30.7.